The quantitative estimate of drug-likeness (QED) is 0.731. The van der Waals surface area contributed by atoms with Gasteiger partial charge in [0.05, 0.1) is 19.6 Å². The van der Waals surface area contributed by atoms with Gasteiger partial charge in [-0.25, -0.2) is 0 Å². The highest BCUT2D eigenvalue weighted by atomic mass is 79.9. The van der Waals surface area contributed by atoms with Crippen molar-refractivity contribution in [3.05, 3.63) is 22.2 Å². The van der Waals surface area contributed by atoms with Gasteiger partial charge in [-0.05, 0) is 57.5 Å². The first-order chi connectivity index (χ1) is 11.6. The third-order valence-electron chi connectivity index (χ3n) is 4.19. The highest BCUT2D eigenvalue weighted by molar-refractivity contribution is 9.10. The highest BCUT2D eigenvalue weighted by Gasteiger charge is 2.26. The van der Waals surface area contributed by atoms with Crippen molar-refractivity contribution in [3.8, 4) is 11.5 Å². The van der Waals surface area contributed by atoms with E-state index >= 15 is 0 Å². The number of nitrogens with zero attached hydrogens (tertiary/aromatic N) is 1. The predicted octanol–water partition coefficient (Wildman–Crippen LogP) is 2.86. The number of hydrogen-bond acceptors (Lipinski definition) is 4. The molecule has 24 heavy (non-hydrogen) atoms. The van der Waals surface area contributed by atoms with Crippen LogP contribution in [0.1, 0.15) is 25.8 Å². The smallest absolute Gasteiger partial charge is 0.227 e. The average Bonchev–Trinajstić information content (AvgIpc) is 3.01. The van der Waals surface area contributed by atoms with E-state index in [1.54, 1.807) is 0 Å². The Morgan fingerprint density at radius 2 is 1.96 bits per heavy atom. The van der Waals surface area contributed by atoms with Crippen LogP contribution in [0.25, 0.3) is 0 Å². The molecule has 2 rings (SSSR count). The Labute approximate surface area is 152 Å². The normalized spacial score (nSPS) is 17.2. The molecule has 1 saturated heterocycles. The zero-order valence-corrected chi connectivity index (χ0v) is 16.3. The Kier molecular flexibility index (Phi) is 7.37. The van der Waals surface area contributed by atoms with Crippen molar-refractivity contribution in [2.45, 2.75) is 26.7 Å². The Balaban J connectivity index is 2.08. The molecule has 1 N–H and O–H groups in total. The molecule has 0 saturated carbocycles. The van der Waals surface area contributed by atoms with E-state index in [4.69, 9.17) is 9.47 Å². The van der Waals surface area contributed by atoms with E-state index in [-0.39, 0.29) is 5.91 Å². The number of ether oxygens (including phenoxy) is 2. The van der Waals surface area contributed by atoms with E-state index in [2.05, 4.69) is 21.2 Å². The van der Waals surface area contributed by atoms with Gasteiger partial charge in [0.15, 0.2) is 11.5 Å². The van der Waals surface area contributed by atoms with Crippen LogP contribution in [0.5, 0.6) is 11.5 Å². The highest BCUT2D eigenvalue weighted by Crippen LogP contribution is 2.34. The molecule has 0 radical (unpaired) electrons. The molecule has 1 aliphatic rings. The van der Waals surface area contributed by atoms with E-state index in [0.29, 0.717) is 37.1 Å². The van der Waals surface area contributed by atoms with Gasteiger partial charge >= 0.3 is 0 Å². The van der Waals surface area contributed by atoms with E-state index in [1.165, 1.54) is 0 Å². The number of rotatable bonds is 8. The molecule has 1 fully saturated rings. The summed E-state index contributed by atoms with van der Waals surface area (Å²) in [4.78, 5) is 14.6. The van der Waals surface area contributed by atoms with Crippen LogP contribution < -0.4 is 14.8 Å². The molecule has 134 valence electrons. The molecule has 0 spiro atoms. The lowest BCUT2D eigenvalue weighted by Gasteiger charge is -2.18. The lowest BCUT2D eigenvalue weighted by Crippen LogP contribution is -2.31. The van der Waals surface area contributed by atoms with Gasteiger partial charge in [0.2, 0.25) is 5.91 Å². The van der Waals surface area contributed by atoms with Crippen LogP contribution >= 0.6 is 15.9 Å². The summed E-state index contributed by atoms with van der Waals surface area (Å²) in [6, 6.07) is 3.81. The van der Waals surface area contributed by atoms with Gasteiger partial charge in [-0.1, -0.05) is 15.9 Å². The van der Waals surface area contributed by atoms with Crippen LogP contribution in [-0.2, 0) is 11.2 Å². The summed E-state index contributed by atoms with van der Waals surface area (Å²) < 4.78 is 12.2. The molecular formula is C18H27BrN2O3. The zero-order chi connectivity index (χ0) is 17.5. The second-order valence-corrected chi connectivity index (χ2v) is 6.84. The molecule has 1 aromatic carbocycles. The zero-order valence-electron chi connectivity index (χ0n) is 14.7. The molecule has 1 atom stereocenters. The number of nitrogens with one attached hydrogen (secondary N) is 1. The van der Waals surface area contributed by atoms with Gasteiger partial charge in [-0.2, -0.15) is 0 Å². The number of hydrogen-bond donors (Lipinski definition) is 1. The number of carbonyl (C=O) groups excluding carboxylic acids is 1. The summed E-state index contributed by atoms with van der Waals surface area (Å²) in [7, 11) is 1.96. The average molecular weight is 399 g/mol. The fraction of sp³-hybridized carbons (Fsp3) is 0.611. The number of carbonyl (C=O) groups is 1. The van der Waals surface area contributed by atoms with Gasteiger partial charge < -0.3 is 19.7 Å². The van der Waals surface area contributed by atoms with Gasteiger partial charge in [0.25, 0.3) is 0 Å². The van der Waals surface area contributed by atoms with Crippen molar-refractivity contribution in [1.82, 2.24) is 10.2 Å². The topological polar surface area (TPSA) is 50.8 Å². The third kappa shape index (κ3) is 4.86. The Hall–Kier alpha value is -1.27. The summed E-state index contributed by atoms with van der Waals surface area (Å²) in [6.45, 7) is 7.67. The molecule has 1 unspecified atom stereocenters. The molecular weight excluding hydrogens is 372 g/mol. The molecule has 1 aliphatic heterocycles. The monoisotopic (exact) mass is 398 g/mol. The lowest BCUT2D eigenvalue weighted by atomic mass is 10.1. The van der Waals surface area contributed by atoms with Crippen molar-refractivity contribution in [3.63, 3.8) is 0 Å². The minimum atomic E-state index is 0.168. The molecule has 1 aromatic rings. The summed E-state index contributed by atoms with van der Waals surface area (Å²) in [5.41, 5.74) is 0.934. The maximum Gasteiger partial charge on any atom is 0.227 e. The third-order valence-corrected chi connectivity index (χ3v) is 4.92. The fourth-order valence-electron chi connectivity index (χ4n) is 3.04. The minimum absolute atomic E-state index is 0.168. The number of halogens is 1. The largest absolute Gasteiger partial charge is 0.490 e. The van der Waals surface area contributed by atoms with E-state index in [9.17, 15) is 4.79 Å². The predicted molar refractivity (Wildman–Crippen MR) is 98.8 cm³/mol. The van der Waals surface area contributed by atoms with Gasteiger partial charge in [0.1, 0.15) is 0 Å². The SMILES string of the molecule is CCOc1cc(Br)c(CC(=O)N2CCC(CNC)C2)cc1OCC. The number of likely N-dealkylation sites (tertiary alicyclic amines) is 1. The first-order valence-corrected chi connectivity index (χ1v) is 9.38. The molecule has 5 nitrogen and oxygen atoms in total. The minimum Gasteiger partial charge on any atom is -0.490 e. The van der Waals surface area contributed by atoms with Crippen molar-refractivity contribution in [2.24, 2.45) is 5.92 Å². The van der Waals surface area contributed by atoms with E-state index in [1.807, 2.05) is 37.9 Å². The Bertz CT molecular complexity index is 565. The van der Waals surface area contributed by atoms with Crippen molar-refractivity contribution >= 4 is 21.8 Å². The summed E-state index contributed by atoms with van der Waals surface area (Å²) >= 11 is 3.56. The number of amides is 1. The van der Waals surface area contributed by atoms with Gasteiger partial charge in [-0.15, -0.1) is 0 Å². The van der Waals surface area contributed by atoms with E-state index in [0.717, 1.165) is 36.1 Å². The standard InChI is InChI=1S/C18H27BrN2O3/c1-4-23-16-8-14(15(19)10-17(16)24-5-2)9-18(22)21-7-6-13(12-21)11-20-3/h8,10,13,20H,4-7,9,11-12H2,1-3H3. The molecule has 0 aliphatic carbocycles. The van der Waals surface area contributed by atoms with E-state index < -0.39 is 0 Å². The molecule has 1 heterocycles. The van der Waals surface area contributed by atoms with Gasteiger partial charge in [-0.3, -0.25) is 4.79 Å². The van der Waals surface area contributed by atoms with Gasteiger partial charge in [0, 0.05) is 17.6 Å². The molecule has 0 bridgehead atoms. The second-order valence-electron chi connectivity index (χ2n) is 5.99. The molecule has 6 heteroatoms. The van der Waals surface area contributed by atoms with Crippen molar-refractivity contribution in [1.29, 1.82) is 0 Å². The maximum absolute atomic E-state index is 12.6. The summed E-state index contributed by atoms with van der Waals surface area (Å²) in [6.07, 6.45) is 1.44. The van der Waals surface area contributed by atoms with Crippen molar-refractivity contribution < 1.29 is 14.3 Å². The van der Waals surface area contributed by atoms with Crippen LogP contribution in [0.2, 0.25) is 0 Å². The molecule has 0 aromatic heterocycles. The van der Waals surface area contributed by atoms with Crippen molar-refractivity contribution in [2.75, 3.05) is 39.9 Å². The van der Waals surface area contributed by atoms with Crippen LogP contribution in [-0.4, -0.2) is 50.7 Å². The van der Waals surface area contributed by atoms with Crippen LogP contribution in [0.4, 0.5) is 0 Å². The van der Waals surface area contributed by atoms with Crippen LogP contribution in [0.15, 0.2) is 16.6 Å². The Morgan fingerprint density at radius 3 is 2.58 bits per heavy atom. The summed E-state index contributed by atoms with van der Waals surface area (Å²) in [5, 5.41) is 3.19. The molecule has 1 amide bonds. The Morgan fingerprint density at radius 1 is 1.29 bits per heavy atom. The fourth-order valence-corrected chi connectivity index (χ4v) is 3.50. The van der Waals surface area contributed by atoms with Crippen LogP contribution in [0, 0.1) is 5.92 Å². The summed E-state index contributed by atoms with van der Waals surface area (Å²) in [5.74, 6) is 2.13. The van der Waals surface area contributed by atoms with Crippen LogP contribution in [0.3, 0.4) is 0 Å². The second kappa shape index (κ2) is 9.28. The first-order valence-electron chi connectivity index (χ1n) is 8.59. The maximum atomic E-state index is 12.6. The first kappa shape index (κ1) is 19.1. The lowest BCUT2D eigenvalue weighted by molar-refractivity contribution is -0.129. The number of benzene rings is 1.